The quantitative estimate of drug-likeness (QED) is 0.551. The van der Waals surface area contributed by atoms with Crippen molar-refractivity contribution in [2.24, 2.45) is 0 Å². The fourth-order valence-electron chi connectivity index (χ4n) is 2.82. The molecule has 0 radical (unpaired) electrons. The van der Waals surface area contributed by atoms with Crippen LogP contribution in [-0.4, -0.2) is 22.4 Å². The third-order valence-electron chi connectivity index (χ3n) is 4.02. The largest absolute Gasteiger partial charge is 0.459 e. The zero-order chi connectivity index (χ0) is 16.4. The van der Waals surface area contributed by atoms with Crippen molar-refractivity contribution in [3.63, 3.8) is 0 Å². The van der Waals surface area contributed by atoms with Gasteiger partial charge in [-0.2, -0.15) is 0 Å². The van der Waals surface area contributed by atoms with Crippen LogP contribution in [0.2, 0.25) is 0 Å². The van der Waals surface area contributed by atoms with Gasteiger partial charge in [-0.3, -0.25) is 4.79 Å². The molecule has 0 aliphatic heterocycles. The Bertz CT molecular complexity index is 934. The second-order valence-electron chi connectivity index (χ2n) is 5.74. The Morgan fingerprint density at radius 2 is 1.96 bits per heavy atom. The van der Waals surface area contributed by atoms with Crippen molar-refractivity contribution in [2.45, 2.75) is 12.8 Å². The minimum atomic E-state index is -0.184. The molecule has 2 N–H and O–H groups in total. The van der Waals surface area contributed by atoms with Gasteiger partial charge in [0.2, 0.25) is 0 Å². The maximum absolute atomic E-state index is 11.8. The molecule has 2 heterocycles. The average molecular weight is 319 g/mol. The Morgan fingerprint density at radius 1 is 1.12 bits per heavy atom. The number of H-pyrrole nitrogens is 1. The Hall–Kier alpha value is -3.08. The zero-order valence-corrected chi connectivity index (χ0v) is 13.1. The van der Waals surface area contributed by atoms with Gasteiger partial charge in [0.05, 0.1) is 17.3 Å². The molecule has 4 aromatic rings. The number of carbonyl (C=O) groups is 1. The lowest BCUT2D eigenvalue weighted by Gasteiger charge is -2.01. The van der Waals surface area contributed by atoms with Gasteiger partial charge < -0.3 is 14.7 Å². The Labute approximate surface area is 138 Å². The van der Waals surface area contributed by atoms with E-state index < -0.39 is 0 Å². The SMILES string of the molecule is O=C(NCCCc1nc2cc3ccccc3cc2[nH]1)c1ccco1. The number of fused-ring (bicyclic) bond motifs is 2. The Balaban J connectivity index is 1.39. The molecule has 0 spiro atoms. The lowest BCUT2D eigenvalue weighted by atomic mass is 10.1. The highest BCUT2D eigenvalue weighted by molar-refractivity contribution is 5.95. The Kier molecular flexibility index (Phi) is 3.75. The van der Waals surface area contributed by atoms with E-state index in [-0.39, 0.29) is 5.91 Å². The van der Waals surface area contributed by atoms with E-state index in [0.29, 0.717) is 12.3 Å². The second kappa shape index (κ2) is 6.20. The highest BCUT2D eigenvalue weighted by atomic mass is 16.3. The van der Waals surface area contributed by atoms with E-state index in [2.05, 4.69) is 39.6 Å². The van der Waals surface area contributed by atoms with Gasteiger partial charge in [-0.05, 0) is 41.5 Å². The standard InChI is InChI=1S/C19H17N3O2/c23-19(17-7-4-10-24-17)20-9-3-8-18-21-15-11-13-5-1-2-6-14(13)12-16(15)22-18/h1-2,4-7,10-12H,3,8-9H2,(H,20,23)(H,21,22). The van der Waals surface area contributed by atoms with Crippen molar-refractivity contribution in [3.8, 4) is 0 Å². The lowest BCUT2D eigenvalue weighted by molar-refractivity contribution is 0.0925. The van der Waals surface area contributed by atoms with Gasteiger partial charge in [0.1, 0.15) is 5.82 Å². The number of aromatic nitrogens is 2. The van der Waals surface area contributed by atoms with Crippen molar-refractivity contribution < 1.29 is 9.21 Å². The number of aromatic amines is 1. The fourth-order valence-corrected chi connectivity index (χ4v) is 2.82. The van der Waals surface area contributed by atoms with Crippen LogP contribution in [0.1, 0.15) is 22.8 Å². The molecule has 0 atom stereocenters. The van der Waals surface area contributed by atoms with Crippen LogP contribution >= 0.6 is 0 Å². The third kappa shape index (κ3) is 2.88. The first-order valence-electron chi connectivity index (χ1n) is 7.99. The van der Waals surface area contributed by atoms with Gasteiger partial charge in [-0.25, -0.2) is 4.98 Å². The first-order chi connectivity index (χ1) is 11.8. The molecule has 2 aromatic heterocycles. The van der Waals surface area contributed by atoms with Gasteiger partial charge in [-0.1, -0.05) is 24.3 Å². The molecule has 0 saturated carbocycles. The van der Waals surface area contributed by atoms with Gasteiger partial charge in [0.15, 0.2) is 5.76 Å². The summed E-state index contributed by atoms with van der Waals surface area (Å²) in [6, 6.07) is 15.8. The van der Waals surface area contributed by atoms with Crippen molar-refractivity contribution in [2.75, 3.05) is 6.54 Å². The number of nitrogens with zero attached hydrogens (tertiary/aromatic N) is 1. The summed E-state index contributed by atoms with van der Waals surface area (Å²) in [5.74, 6) is 1.09. The maximum Gasteiger partial charge on any atom is 0.286 e. The number of benzene rings is 2. The molecule has 0 bridgehead atoms. The molecule has 4 rings (SSSR count). The minimum absolute atomic E-state index is 0.184. The van der Waals surface area contributed by atoms with Crippen LogP contribution in [-0.2, 0) is 6.42 Å². The first kappa shape index (κ1) is 14.5. The maximum atomic E-state index is 11.8. The number of carbonyl (C=O) groups excluding carboxylic acids is 1. The summed E-state index contributed by atoms with van der Waals surface area (Å²) in [4.78, 5) is 19.8. The number of hydrogen-bond acceptors (Lipinski definition) is 3. The summed E-state index contributed by atoms with van der Waals surface area (Å²) >= 11 is 0. The highest BCUT2D eigenvalue weighted by Crippen LogP contribution is 2.21. The molecular weight excluding hydrogens is 302 g/mol. The van der Waals surface area contributed by atoms with E-state index in [9.17, 15) is 4.79 Å². The summed E-state index contributed by atoms with van der Waals surface area (Å²) in [5, 5.41) is 5.23. The van der Waals surface area contributed by atoms with Crippen molar-refractivity contribution in [1.82, 2.24) is 15.3 Å². The zero-order valence-electron chi connectivity index (χ0n) is 13.1. The number of furan rings is 1. The highest BCUT2D eigenvalue weighted by Gasteiger charge is 2.08. The number of amides is 1. The number of rotatable bonds is 5. The van der Waals surface area contributed by atoms with Crippen LogP contribution in [0.25, 0.3) is 21.8 Å². The number of imidazole rings is 1. The van der Waals surface area contributed by atoms with Gasteiger partial charge in [-0.15, -0.1) is 0 Å². The van der Waals surface area contributed by atoms with Crippen molar-refractivity contribution in [3.05, 3.63) is 66.4 Å². The summed E-state index contributed by atoms with van der Waals surface area (Å²) < 4.78 is 5.06. The topological polar surface area (TPSA) is 70.9 Å². The van der Waals surface area contributed by atoms with E-state index in [1.165, 1.54) is 17.0 Å². The summed E-state index contributed by atoms with van der Waals surface area (Å²) in [6.07, 6.45) is 3.09. The third-order valence-corrected chi connectivity index (χ3v) is 4.02. The Morgan fingerprint density at radius 3 is 2.75 bits per heavy atom. The normalized spacial score (nSPS) is 11.2. The molecule has 5 heteroatoms. The molecule has 2 aromatic carbocycles. The van der Waals surface area contributed by atoms with Crippen molar-refractivity contribution in [1.29, 1.82) is 0 Å². The second-order valence-corrected chi connectivity index (χ2v) is 5.74. The van der Waals surface area contributed by atoms with E-state index in [1.807, 2.05) is 12.1 Å². The summed E-state index contributed by atoms with van der Waals surface area (Å²) in [7, 11) is 0. The van der Waals surface area contributed by atoms with Crippen LogP contribution in [0.3, 0.4) is 0 Å². The molecule has 0 fully saturated rings. The van der Waals surface area contributed by atoms with Crippen LogP contribution in [0, 0.1) is 0 Å². The van der Waals surface area contributed by atoms with Crippen LogP contribution in [0.5, 0.6) is 0 Å². The molecule has 0 aliphatic carbocycles. The number of hydrogen-bond donors (Lipinski definition) is 2. The first-order valence-corrected chi connectivity index (χ1v) is 7.99. The molecule has 0 unspecified atom stereocenters. The molecular formula is C19H17N3O2. The predicted molar refractivity (Wildman–Crippen MR) is 93.0 cm³/mol. The van der Waals surface area contributed by atoms with Crippen molar-refractivity contribution >= 4 is 27.7 Å². The van der Waals surface area contributed by atoms with E-state index >= 15 is 0 Å². The number of nitrogens with one attached hydrogen (secondary N) is 2. The monoisotopic (exact) mass is 319 g/mol. The molecule has 0 aliphatic rings. The van der Waals surface area contributed by atoms with E-state index in [1.54, 1.807) is 12.1 Å². The van der Waals surface area contributed by atoms with Crippen LogP contribution in [0.4, 0.5) is 0 Å². The van der Waals surface area contributed by atoms with Crippen LogP contribution in [0.15, 0.2) is 59.2 Å². The van der Waals surface area contributed by atoms with E-state index in [4.69, 9.17) is 4.42 Å². The summed E-state index contributed by atoms with van der Waals surface area (Å²) in [5.41, 5.74) is 2.02. The minimum Gasteiger partial charge on any atom is -0.459 e. The molecule has 120 valence electrons. The van der Waals surface area contributed by atoms with Gasteiger partial charge >= 0.3 is 0 Å². The fraction of sp³-hybridized carbons (Fsp3) is 0.158. The van der Waals surface area contributed by atoms with Gasteiger partial charge in [0, 0.05) is 13.0 Å². The average Bonchev–Trinajstić information content (AvgIpc) is 3.25. The predicted octanol–water partition coefficient (Wildman–Crippen LogP) is 3.67. The summed E-state index contributed by atoms with van der Waals surface area (Å²) in [6.45, 7) is 0.582. The number of aryl methyl sites for hydroxylation is 1. The molecule has 24 heavy (non-hydrogen) atoms. The molecule has 5 nitrogen and oxygen atoms in total. The smallest absolute Gasteiger partial charge is 0.286 e. The molecule has 0 saturated heterocycles. The van der Waals surface area contributed by atoms with Gasteiger partial charge in [0.25, 0.3) is 5.91 Å². The van der Waals surface area contributed by atoms with Crippen LogP contribution < -0.4 is 5.32 Å². The van der Waals surface area contributed by atoms with E-state index in [0.717, 1.165) is 29.7 Å². The molecule has 1 amide bonds. The lowest BCUT2D eigenvalue weighted by Crippen LogP contribution is -2.24.